The zero-order valence-corrected chi connectivity index (χ0v) is 4.30. The Bertz CT molecular complexity index is 39.5. The van der Waals surface area contributed by atoms with Crippen LogP contribution in [0.4, 0.5) is 4.79 Å². The third-order valence-corrected chi connectivity index (χ3v) is 0. The van der Waals surface area contributed by atoms with E-state index >= 15 is 0 Å². The number of hydrogen-bond donors (Lipinski definition) is 2. The van der Waals surface area contributed by atoms with Gasteiger partial charge in [-0.15, -0.1) is 0 Å². The van der Waals surface area contributed by atoms with Crippen molar-refractivity contribution in [1.29, 1.82) is 0 Å². The fourth-order valence-corrected chi connectivity index (χ4v) is 0. The molecule has 0 aliphatic rings. The van der Waals surface area contributed by atoms with Crippen LogP contribution < -0.4 is 37.7 Å². The van der Waals surface area contributed by atoms with Crippen molar-refractivity contribution in [1.82, 2.24) is 0 Å². The Morgan fingerprint density at radius 2 is 1.29 bits per heavy atom. The molecule has 0 amide bonds. The molecule has 0 spiro atoms. The molecule has 0 aromatic heterocycles. The minimum atomic E-state index is -1.83. The van der Waals surface area contributed by atoms with Crippen LogP contribution in [0.15, 0.2) is 0 Å². The zero-order valence-electron chi connectivity index (χ0n) is 6.30. The van der Waals surface area contributed by atoms with E-state index < -0.39 is 6.16 Å². The topological polar surface area (TPSA) is 89.0 Å². The molecule has 4 nitrogen and oxygen atoms in total. The summed E-state index contributed by atoms with van der Waals surface area (Å²) in [6, 6.07) is 0. The summed E-state index contributed by atoms with van der Waals surface area (Å²) in [4.78, 5) is 8.56. The quantitative estimate of drug-likeness (QED) is 0.294. The van der Waals surface area contributed by atoms with E-state index in [1.54, 1.807) is 0 Å². The molecule has 0 unspecified atom stereocenters. The zero-order chi connectivity index (χ0) is 3.58. The van der Waals surface area contributed by atoms with Crippen molar-refractivity contribution in [3.8, 4) is 0 Å². The first-order valence-corrected chi connectivity index (χ1v) is 0.651. The summed E-state index contributed by atoms with van der Waals surface area (Å²) >= 11 is 0. The molecule has 0 rings (SSSR count). The average molecular weight is 95.9 g/mol. The summed E-state index contributed by atoms with van der Waals surface area (Å²) in [5.41, 5.74) is 0. The summed E-state index contributed by atoms with van der Waals surface area (Å²) in [5, 5.41) is 13.9. The van der Waals surface area contributed by atoms with Gasteiger partial charge in [-0.1, -0.05) is 0 Å². The van der Waals surface area contributed by atoms with Crippen LogP contribution in [0.2, 0.25) is 0 Å². The summed E-state index contributed by atoms with van der Waals surface area (Å²) in [6.07, 6.45) is -1.83. The molecule has 7 heavy (non-hydrogen) atoms. The van der Waals surface area contributed by atoms with Crippen molar-refractivity contribution < 1.29 is 61.1 Å². The Hall–Kier alpha value is 0.425. The Kier molecular flexibility index (Phi) is 60.2. The number of rotatable bonds is 0. The van der Waals surface area contributed by atoms with Crippen molar-refractivity contribution in [2.75, 3.05) is 0 Å². The van der Waals surface area contributed by atoms with Crippen LogP contribution in [0.5, 0.6) is 0 Å². The summed E-state index contributed by atoms with van der Waals surface area (Å²) < 4.78 is 0. The van der Waals surface area contributed by atoms with E-state index in [4.69, 9.17) is 15.0 Å². The van der Waals surface area contributed by atoms with E-state index in [0.29, 0.717) is 0 Å². The van der Waals surface area contributed by atoms with E-state index in [0.717, 1.165) is 0 Å². The van der Waals surface area contributed by atoms with Gasteiger partial charge in [0.05, 0.1) is 0 Å². The monoisotopic (exact) mass is 96.1 g/mol. The average Bonchev–Trinajstić information content (AvgIpc) is 0.811. The Labute approximate surface area is 67.5 Å². The molecule has 0 saturated carbocycles. The minimum Gasteiger partial charge on any atom is -1.00 e. The van der Waals surface area contributed by atoms with Crippen LogP contribution in [0.1, 0.15) is 2.85 Å². The summed E-state index contributed by atoms with van der Waals surface area (Å²) in [6.45, 7) is 0. The fraction of sp³-hybridized carbons (Fsp3) is 0. The Morgan fingerprint density at radius 1 is 1.29 bits per heavy atom. The molecule has 36 valence electrons. The van der Waals surface area contributed by atoms with Crippen molar-refractivity contribution in [2.24, 2.45) is 0 Å². The fourth-order valence-electron chi connectivity index (χ4n) is 0. The molecule has 6 heteroatoms. The van der Waals surface area contributed by atoms with Crippen LogP contribution in [-0.4, -0.2) is 21.8 Å². The third-order valence-electron chi connectivity index (χ3n) is 0. The maximum Gasteiger partial charge on any atom is 1.00 e. The first kappa shape index (κ1) is 26.1. The molecule has 0 atom stereocenters. The largest absolute Gasteiger partial charge is 1.00 e. The van der Waals surface area contributed by atoms with Crippen LogP contribution in [0.25, 0.3) is 0 Å². The Morgan fingerprint density at radius 3 is 1.29 bits per heavy atom. The molecule has 0 aromatic rings. The molecule has 0 radical (unpaired) electrons. The first-order chi connectivity index (χ1) is 1.73. The van der Waals surface area contributed by atoms with Gasteiger partial charge in [-0.05, 0) is 0 Å². The normalized spacial score (nSPS) is 3.43. The molecule has 0 aromatic carbocycles. The second-order valence-electron chi connectivity index (χ2n) is 0.283. The second kappa shape index (κ2) is 16.1. The number of carbonyl (C=O) groups is 1. The SMILES string of the molecule is O.O=C(O)O.[H-].[H-].[Li+].[Li+]. The number of hydrogen-bond acceptors (Lipinski definition) is 1. The van der Waals surface area contributed by atoms with Crippen molar-refractivity contribution >= 4 is 6.16 Å². The van der Waals surface area contributed by atoms with Gasteiger partial charge in [0.25, 0.3) is 0 Å². The van der Waals surface area contributed by atoms with Gasteiger partial charge in [-0.25, -0.2) is 4.79 Å². The van der Waals surface area contributed by atoms with Gasteiger partial charge in [-0.3, -0.25) is 0 Å². The molecule has 0 aliphatic heterocycles. The van der Waals surface area contributed by atoms with Gasteiger partial charge in [0.1, 0.15) is 0 Å². The van der Waals surface area contributed by atoms with Crippen LogP contribution in [0.3, 0.4) is 0 Å². The predicted molar refractivity (Wildman–Crippen MR) is 16.5 cm³/mol. The van der Waals surface area contributed by atoms with Gasteiger partial charge in [0.2, 0.25) is 0 Å². The van der Waals surface area contributed by atoms with Gasteiger partial charge >= 0.3 is 43.9 Å². The number of carboxylic acid groups (broad SMARTS) is 2. The maximum atomic E-state index is 8.56. The van der Waals surface area contributed by atoms with E-state index in [1.807, 2.05) is 0 Å². The van der Waals surface area contributed by atoms with Crippen LogP contribution >= 0.6 is 0 Å². The minimum absolute atomic E-state index is 0. The molecule has 0 fully saturated rings. The maximum absolute atomic E-state index is 8.56. The molecule has 0 aliphatic carbocycles. The van der Waals surface area contributed by atoms with Crippen molar-refractivity contribution in [3.05, 3.63) is 0 Å². The molecular formula is CH6Li2O4. The third kappa shape index (κ3) is 697. The summed E-state index contributed by atoms with van der Waals surface area (Å²) in [5.74, 6) is 0. The second-order valence-corrected chi connectivity index (χ2v) is 0.283. The first-order valence-electron chi connectivity index (χ1n) is 0.651. The van der Waals surface area contributed by atoms with Gasteiger partial charge < -0.3 is 18.5 Å². The van der Waals surface area contributed by atoms with Gasteiger partial charge in [0.15, 0.2) is 0 Å². The molecule has 0 saturated heterocycles. The van der Waals surface area contributed by atoms with Gasteiger partial charge in [-0.2, -0.15) is 0 Å². The van der Waals surface area contributed by atoms with Crippen molar-refractivity contribution in [3.63, 3.8) is 0 Å². The van der Waals surface area contributed by atoms with E-state index in [9.17, 15) is 0 Å². The van der Waals surface area contributed by atoms with Gasteiger partial charge in [0, 0.05) is 0 Å². The van der Waals surface area contributed by atoms with E-state index in [1.165, 1.54) is 0 Å². The Balaban J connectivity index is -0.00000000450. The van der Waals surface area contributed by atoms with Crippen LogP contribution in [-0.2, 0) is 0 Å². The summed E-state index contributed by atoms with van der Waals surface area (Å²) in [7, 11) is 0. The molecule has 4 N–H and O–H groups in total. The molecular weight excluding hydrogens is 89.9 g/mol. The molecule has 0 heterocycles. The molecule has 0 bridgehead atoms. The predicted octanol–water partition coefficient (Wildman–Crippen LogP) is -6.37. The standard InChI is InChI=1S/CH2O3.2Li.H2O.2H/c2-1(3)4;;;;;/h(H2,2,3,4);;;1H2;;/q;2*+1;;2*-1. The van der Waals surface area contributed by atoms with Crippen molar-refractivity contribution in [2.45, 2.75) is 0 Å². The van der Waals surface area contributed by atoms with E-state index in [-0.39, 0.29) is 46.1 Å². The smallest absolute Gasteiger partial charge is 1.00 e. The van der Waals surface area contributed by atoms with Crippen LogP contribution in [0, 0.1) is 0 Å². The van der Waals surface area contributed by atoms with E-state index in [2.05, 4.69) is 0 Å².